The summed E-state index contributed by atoms with van der Waals surface area (Å²) in [6.07, 6.45) is -3.65. The maximum absolute atomic E-state index is 13.3. The number of carbonyl (C=O) groups is 1. The Morgan fingerprint density at radius 1 is 1.22 bits per heavy atom. The van der Waals surface area contributed by atoms with Crippen molar-refractivity contribution in [3.63, 3.8) is 0 Å². The van der Waals surface area contributed by atoms with Crippen molar-refractivity contribution in [2.24, 2.45) is 7.05 Å². The Morgan fingerprint density at radius 2 is 1.88 bits per heavy atom. The number of alkyl halides is 3. The fourth-order valence-corrected chi connectivity index (χ4v) is 3.90. The lowest BCUT2D eigenvalue weighted by molar-refractivity contribution is -0.263. The zero-order chi connectivity index (χ0) is 23.4. The van der Waals surface area contributed by atoms with Crippen molar-refractivity contribution in [1.29, 1.82) is 0 Å². The van der Waals surface area contributed by atoms with Gasteiger partial charge in [-0.05, 0) is 44.2 Å². The molecule has 1 N–H and O–H groups in total. The van der Waals surface area contributed by atoms with E-state index in [1.807, 2.05) is 0 Å². The Hall–Kier alpha value is -3.21. The molecule has 3 heterocycles. The molecule has 7 nitrogen and oxygen atoms in total. The molecule has 2 atom stereocenters. The number of halogens is 4. The van der Waals surface area contributed by atoms with Crippen LogP contribution in [0.5, 0.6) is 0 Å². The first-order valence-corrected chi connectivity index (χ1v) is 9.85. The Bertz CT molecular complexity index is 1160. The van der Waals surface area contributed by atoms with E-state index in [0.717, 1.165) is 0 Å². The van der Waals surface area contributed by atoms with Gasteiger partial charge in [-0.3, -0.25) is 9.48 Å². The van der Waals surface area contributed by atoms with Crippen molar-refractivity contribution in [3.8, 4) is 11.3 Å². The number of aromatic nitrogens is 4. The highest BCUT2D eigenvalue weighted by atomic mass is 19.4. The minimum atomic E-state index is -4.90. The lowest BCUT2D eigenvalue weighted by Gasteiger charge is -2.36. The molecule has 170 valence electrons. The summed E-state index contributed by atoms with van der Waals surface area (Å²) in [6.45, 7) is 2.48. The van der Waals surface area contributed by atoms with E-state index in [1.54, 1.807) is 32.2 Å². The van der Waals surface area contributed by atoms with Crippen LogP contribution in [-0.2, 0) is 19.2 Å². The van der Waals surface area contributed by atoms with Crippen LogP contribution in [0.3, 0.4) is 0 Å². The number of nitrogens with zero attached hydrogens (tertiary/aromatic N) is 5. The summed E-state index contributed by atoms with van der Waals surface area (Å²) < 4.78 is 55.9. The highest BCUT2D eigenvalue weighted by Gasteiger charge is 2.55. The molecule has 11 heteroatoms. The van der Waals surface area contributed by atoms with Crippen molar-refractivity contribution in [3.05, 3.63) is 59.6 Å². The number of hydrogen-bond donors (Lipinski definition) is 1. The van der Waals surface area contributed by atoms with Gasteiger partial charge in [-0.1, -0.05) is 0 Å². The second-order valence-electron chi connectivity index (χ2n) is 8.09. The van der Waals surface area contributed by atoms with Crippen LogP contribution in [0.4, 0.5) is 17.6 Å². The van der Waals surface area contributed by atoms with Gasteiger partial charge in [-0.2, -0.15) is 18.3 Å². The molecule has 1 aliphatic rings. The van der Waals surface area contributed by atoms with Gasteiger partial charge in [0.1, 0.15) is 11.5 Å². The van der Waals surface area contributed by atoms with Crippen molar-refractivity contribution in [1.82, 2.24) is 24.2 Å². The molecule has 1 aliphatic heterocycles. The third-order valence-electron chi connectivity index (χ3n) is 5.67. The highest BCUT2D eigenvalue weighted by molar-refractivity contribution is 5.93. The Kier molecular flexibility index (Phi) is 5.11. The molecule has 1 amide bonds. The van der Waals surface area contributed by atoms with Gasteiger partial charge in [0.25, 0.3) is 5.91 Å². The van der Waals surface area contributed by atoms with Crippen molar-refractivity contribution in [2.45, 2.75) is 38.2 Å². The average molecular weight is 451 g/mol. The predicted molar refractivity (Wildman–Crippen MR) is 106 cm³/mol. The smallest absolute Gasteiger partial charge is 0.374 e. The summed E-state index contributed by atoms with van der Waals surface area (Å²) in [4.78, 5) is 18.5. The number of aliphatic hydroxyl groups is 1. The minimum absolute atomic E-state index is 0.0289. The highest BCUT2D eigenvalue weighted by Crippen LogP contribution is 2.40. The van der Waals surface area contributed by atoms with E-state index < -0.39 is 23.6 Å². The van der Waals surface area contributed by atoms with Crippen LogP contribution in [0.1, 0.15) is 41.9 Å². The Balaban J connectivity index is 1.62. The fourth-order valence-electron chi connectivity index (χ4n) is 3.90. The predicted octanol–water partition coefficient (Wildman–Crippen LogP) is 3.41. The molecule has 32 heavy (non-hydrogen) atoms. The van der Waals surface area contributed by atoms with Crippen molar-refractivity contribution < 1.29 is 27.5 Å². The van der Waals surface area contributed by atoms with E-state index in [0.29, 0.717) is 23.9 Å². The molecule has 0 aliphatic carbocycles. The van der Waals surface area contributed by atoms with Crippen LogP contribution >= 0.6 is 0 Å². The van der Waals surface area contributed by atoms with E-state index in [1.165, 1.54) is 32.5 Å². The standard InChI is InChI=1S/C21H21F4N5O2/c1-12-10-29(11-15-9-26-19(30(12)15)20(2,32)21(23,24)25)18(31)17-8-16(27-28(17)3)13-4-6-14(22)7-5-13/h4-9,12,32H,10-11H2,1-3H3/t12-,20+/m0/s1. The largest absolute Gasteiger partial charge is 0.424 e. The summed E-state index contributed by atoms with van der Waals surface area (Å²) in [6, 6.07) is 6.76. The summed E-state index contributed by atoms with van der Waals surface area (Å²) >= 11 is 0. The summed E-state index contributed by atoms with van der Waals surface area (Å²) in [5.74, 6) is -1.24. The van der Waals surface area contributed by atoms with Crippen molar-refractivity contribution in [2.75, 3.05) is 6.54 Å². The molecule has 0 radical (unpaired) electrons. The first-order valence-electron chi connectivity index (χ1n) is 9.85. The molecule has 2 aromatic heterocycles. The van der Waals surface area contributed by atoms with Crippen LogP contribution in [0.2, 0.25) is 0 Å². The molecule has 0 saturated carbocycles. The van der Waals surface area contributed by atoms with Gasteiger partial charge in [0.15, 0.2) is 5.82 Å². The number of benzene rings is 1. The van der Waals surface area contributed by atoms with E-state index in [2.05, 4.69) is 10.1 Å². The quantitative estimate of drug-likeness (QED) is 0.620. The number of carbonyl (C=O) groups excluding carboxylic acids is 1. The SMILES string of the molecule is C[C@H]1CN(C(=O)c2cc(-c3ccc(F)cc3)nn2C)Cc2cnc([C@@](C)(O)C(F)(F)F)n21. The van der Waals surface area contributed by atoms with E-state index in [4.69, 9.17) is 0 Å². The minimum Gasteiger partial charge on any atom is -0.374 e. The third-order valence-corrected chi connectivity index (χ3v) is 5.67. The summed E-state index contributed by atoms with van der Waals surface area (Å²) in [5.41, 5.74) is -1.30. The maximum atomic E-state index is 13.3. The normalized spacial score (nSPS) is 18.4. The second kappa shape index (κ2) is 7.44. The number of fused-ring (bicyclic) bond motifs is 1. The van der Waals surface area contributed by atoms with Gasteiger partial charge < -0.3 is 14.6 Å². The lowest BCUT2D eigenvalue weighted by Crippen LogP contribution is -2.45. The van der Waals surface area contributed by atoms with Crippen LogP contribution < -0.4 is 0 Å². The van der Waals surface area contributed by atoms with Crippen LogP contribution in [0.15, 0.2) is 36.5 Å². The van der Waals surface area contributed by atoms with E-state index in [-0.39, 0.29) is 30.5 Å². The molecule has 3 aromatic rings. The van der Waals surface area contributed by atoms with Gasteiger partial charge in [0.2, 0.25) is 5.60 Å². The number of rotatable bonds is 3. The van der Waals surface area contributed by atoms with E-state index >= 15 is 0 Å². The summed E-state index contributed by atoms with van der Waals surface area (Å²) in [5, 5.41) is 14.4. The molecule has 0 saturated heterocycles. The zero-order valence-electron chi connectivity index (χ0n) is 17.6. The topological polar surface area (TPSA) is 76.2 Å². The zero-order valence-corrected chi connectivity index (χ0v) is 17.6. The summed E-state index contributed by atoms with van der Waals surface area (Å²) in [7, 11) is 1.61. The van der Waals surface area contributed by atoms with Crippen LogP contribution in [0.25, 0.3) is 11.3 Å². The second-order valence-corrected chi connectivity index (χ2v) is 8.09. The fraction of sp³-hybridized carbons (Fsp3) is 0.381. The molecule has 0 unspecified atom stereocenters. The third kappa shape index (κ3) is 3.56. The Morgan fingerprint density at radius 3 is 2.50 bits per heavy atom. The van der Waals surface area contributed by atoms with Crippen molar-refractivity contribution >= 4 is 5.91 Å². The first-order chi connectivity index (χ1) is 14.9. The monoisotopic (exact) mass is 451 g/mol. The Labute approximate surface area is 180 Å². The van der Waals surface area contributed by atoms with Gasteiger partial charge in [-0.15, -0.1) is 0 Å². The van der Waals surface area contributed by atoms with Crippen LogP contribution in [-0.4, -0.2) is 48.0 Å². The van der Waals surface area contributed by atoms with E-state index in [9.17, 15) is 27.5 Å². The number of amides is 1. The molecule has 4 rings (SSSR count). The molecule has 1 aromatic carbocycles. The van der Waals surface area contributed by atoms with Gasteiger partial charge >= 0.3 is 6.18 Å². The number of imidazole rings is 1. The van der Waals surface area contributed by atoms with Crippen LogP contribution in [0, 0.1) is 5.82 Å². The maximum Gasteiger partial charge on any atom is 0.424 e. The molecule has 0 bridgehead atoms. The number of aryl methyl sites for hydroxylation is 1. The first kappa shape index (κ1) is 22.0. The molecule has 0 fully saturated rings. The molecular weight excluding hydrogens is 430 g/mol. The van der Waals surface area contributed by atoms with Gasteiger partial charge in [0.05, 0.1) is 30.2 Å². The molecule has 0 spiro atoms. The number of hydrogen-bond acceptors (Lipinski definition) is 4. The lowest BCUT2D eigenvalue weighted by atomic mass is 10.0. The van der Waals surface area contributed by atoms with Gasteiger partial charge in [-0.25, -0.2) is 9.37 Å². The molecular formula is C21H21F4N5O2. The average Bonchev–Trinajstić information content (AvgIpc) is 3.31. The van der Waals surface area contributed by atoms with Gasteiger partial charge in [0, 0.05) is 19.2 Å².